The molecule has 0 fully saturated rings. The molecule has 0 spiro atoms. The van der Waals surface area contributed by atoms with Crippen LogP contribution >= 0.6 is 11.3 Å². The molecule has 4 nitrogen and oxygen atoms in total. The lowest BCUT2D eigenvalue weighted by Crippen LogP contribution is -2.04. The first-order valence-electron chi connectivity index (χ1n) is 5.60. The number of thiophene rings is 1. The summed E-state index contributed by atoms with van der Waals surface area (Å²) in [5, 5.41) is 16.2. The Morgan fingerprint density at radius 3 is 2.67 bits per heavy atom. The number of nitro benzene ring substituents is 1. The van der Waals surface area contributed by atoms with Gasteiger partial charge in [-0.3, -0.25) is 10.1 Å². The van der Waals surface area contributed by atoms with Gasteiger partial charge in [0.25, 0.3) is 5.69 Å². The minimum Gasteiger partial charge on any atom is -0.374 e. The third-order valence-corrected chi connectivity index (χ3v) is 3.86. The standard InChI is InChI=1S/C13H14N2O2S/c1-9-6-7-18-12(9)8-14-13-10(2)4-3-5-11(13)15(16)17/h3-7,14H,8H2,1-2H3. The first-order chi connectivity index (χ1) is 8.59. The van der Waals surface area contributed by atoms with Crippen molar-refractivity contribution in [2.45, 2.75) is 20.4 Å². The van der Waals surface area contributed by atoms with Crippen molar-refractivity contribution in [2.75, 3.05) is 5.32 Å². The number of nitrogens with zero attached hydrogens (tertiary/aromatic N) is 1. The molecule has 18 heavy (non-hydrogen) atoms. The monoisotopic (exact) mass is 262 g/mol. The number of para-hydroxylation sites is 1. The summed E-state index contributed by atoms with van der Waals surface area (Å²) in [5.74, 6) is 0. The lowest BCUT2D eigenvalue weighted by Gasteiger charge is -2.09. The SMILES string of the molecule is Cc1ccsc1CNc1c(C)cccc1[N+](=O)[O-]. The molecule has 0 unspecified atom stereocenters. The van der Waals surface area contributed by atoms with Gasteiger partial charge in [-0.2, -0.15) is 0 Å². The van der Waals surface area contributed by atoms with E-state index in [4.69, 9.17) is 0 Å². The first kappa shape index (κ1) is 12.6. The van der Waals surface area contributed by atoms with Gasteiger partial charge in [0.15, 0.2) is 0 Å². The second-order valence-corrected chi connectivity index (χ2v) is 5.11. The van der Waals surface area contributed by atoms with Crippen molar-refractivity contribution in [2.24, 2.45) is 0 Å². The number of benzene rings is 1. The summed E-state index contributed by atoms with van der Waals surface area (Å²) in [6.45, 7) is 4.53. The van der Waals surface area contributed by atoms with Crippen LogP contribution in [-0.2, 0) is 6.54 Å². The third kappa shape index (κ3) is 2.51. The van der Waals surface area contributed by atoms with Gasteiger partial charge in [0, 0.05) is 17.5 Å². The molecule has 0 atom stereocenters. The summed E-state index contributed by atoms with van der Waals surface area (Å²) in [4.78, 5) is 11.8. The first-order valence-corrected chi connectivity index (χ1v) is 6.48. The predicted octanol–water partition coefficient (Wildman–Crippen LogP) is 3.89. The maximum absolute atomic E-state index is 11.0. The highest BCUT2D eigenvalue weighted by Gasteiger charge is 2.15. The van der Waals surface area contributed by atoms with E-state index in [9.17, 15) is 10.1 Å². The fraction of sp³-hybridized carbons (Fsp3) is 0.231. The van der Waals surface area contributed by atoms with Crippen molar-refractivity contribution < 1.29 is 4.92 Å². The Hall–Kier alpha value is -1.88. The van der Waals surface area contributed by atoms with Crippen molar-refractivity contribution in [1.29, 1.82) is 0 Å². The van der Waals surface area contributed by atoms with E-state index in [0.717, 1.165) is 5.56 Å². The molecule has 0 saturated carbocycles. The van der Waals surface area contributed by atoms with Gasteiger partial charge in [0.1, 0.15) is 5.69 Å². The molecule has 0 aliphatic carbocycles. The number of nitro groups is 1. The average molecular weight is 262 g/mol. The number of nitrogens with one attached hydrogen (secondary N) is 1. The van der Waals surface area contributed by atoms with Gasteiger partial charge in [-0.25, -0.2) is 0 Å². The second kappa shape index (κ2) is 5.18. The molecule has 0 bridgehead atoms. The van der Waals surface area contributed by atoms with Crippen LogP contribution in [0.1, 0.15) is 16.0 Å². The normalized spacial score (nSPS) is 10.3. The fourth-order valence-corrected chi connectivity index (χ4v) is 2.63. The van der Waals surface area contributed by atoms with Crippen LogP contribution in [0.3, 0.4) is 0 Å². The minimum absolute atomic E-state index is 0.129. The molecule has 94 valence electrons. The Kier molecular flexibility index (Phi) is 3.62. The molecular formula is C13H14N2O2S. The van der Waals surface area contributed by atoms with Crippen molar-refractivity contribution in [3.8, 4) is 0 Å². The van der Waals surface area contributed by atoms with Crippen LogP contribution in [0.2, 0.25) is 0 Å². The van der Waals surface area contributed by atoms with E-state index in [0.29, 0.717) is 12.2 Å². The highest BCUT2D eigenvalue weighted by Crippen LogP contribution is 2.28. The molecule has 2 aromatic rings. The Morgan fingerprint density at radius 2 is 2.06 bits per heavy atom. The Bertz CT molecular complexity index is 578. The second-order valence-electron chi connectivity index (χ2n) is 4.11. The number of hydrogen-bond acceptors (Lipinski definition) is 4. The van der Waals surface area contributed by atoms with Crippen LogP contribution in [-0.4, -0.2) is 4.92 Å². The molecule has 0 aliphatic heterocycles. The topological polar surface area (TPSA) is 55.2 Å². The summed E-state index contributed by atoms with van der Waals surface area (Å²) in [6.07, 6.45) is 0. The predicted molar refractivity (Wildman–Crippen MR) is 74.2 cm³/mol. The van der Waals surface area contributed by atoms with E-state index in [2.05, 4.69) is 5.32 Å². The van der Waals surface area contributed by atoms with Crippen LogP contribution in [0.25, 0.3) is 0 Å². The Labute approximate surface area is 109 Å². The number of hydrogen-bond donors (Lipinski definition) is 1. The number of aryl methyl sites for hydroxylation is 2. The smallest absolute Gasteiger partial charge is 0.292 e. The van der Waals surface area contributed by atoms with Crippen LogP contribution in [0.4, 0.5) is 11.4 Å². The van der Waals surface area contributed by atoms with E-state index in [1.54, 1.807) is 17.4 Å². The zero-order valence-corrected chi connectivity index (χ0v) is 11.1. The van der Waals surface area contributed by atoms with Crippen LogP contribution in [0.5, 0.6) is 0 Å². The van der Waals surface area contributed by atoms with Gasteiger partial charge in [-0.05, 0) is 36.4 Å². The van der Waals surface area contributed by atoms with Gasteiger partial charge in [-0.15, -0.1) is 11.3 Å². The average Bonchev–Trinajstić information content (AvgIpc) is 2.73. The van der Waals surface area contributed by atoms with Gasteiger partial charge in [0.05, 0.1) is 4.92 Å². The molecule has 5 heteroatoms. The molecule has 1 aromatic carbocycles. The summed E-state index contributed by atoms with van der Waals surface area (Å²) >= 11 is 1.66. The molecule has 0 amide bonds. The quantitative estimate of drug-likeness (QED) is 0.672. The van der Waals surface area contributed by atoms with Gasteiger partial charge < -0.3 is 5.32 Å². The molecule has 0 aliphatic rings. The zero-order chi connectivity index (χ0) is 13.1. The zero-order valence-electron chi connectivity index (χ0n) is 10.3. The van der Waals surface area contributed by atoms with Crippen molar-refractivity contribution in [1.82, 2.24) is 0 Å². The Balaban J connectivity index is 2.24. The van der Waals surface area contributed by atoms with E-state index in [-0.39, 0.29) is 10.6 Å². The van der Waals surface area contributed by atoms with Crippen LogP contribution in [0.15, 0.2) is 29.6 Å². The highest BCUT2D eigenvalue weighted by molar-refractivity contribution is 7.10. The summed E-state index contributed by atoms with van der Waals surface area (Å²) < 4.78 is 0. The molecular weight excluding hydrogens is 248 g/mol. The van der Waals surface area contributed by atoms with E-state index in [1.165, 1.54) is 16.5 Å². The summed E-state index contributed by atoms with van der Waals surface area (Å²) in [7, 11) is 0. The number of rotatable bonds is 4. The molecule has 0 saturated heterocycles. The minimum atomic E-state index is -0.351. The van der Waals surface area contributed by atoms with Crippen molar-refractivity contribution >= 4 is 22.7 Å². The van der Waals surface area contributed by atoms with Gasteiger partial charge in [0.2, 0.25) is 0 Å². The third-order valence-electron chi connectivity index (χ3n) is 2.84. The van der Waals surface area contributed by atoms with E-state index >= 15 is 0 Å². The summed E-state index contributed by atoms with van der Waals surface area (Å²) in [6, 6.07) is 7.15. The van der Waals surface area contributed by atoms with Crippen molar-refractivity contribution in [3.63, 3.8) is 0 Å². The van der Waals surface area contributed by atoms with E-state index in [1.807, 2.05) is 31.4 Å². The lowest BCUT2D eigenvalue weighted by atomic mass is 10.1. The molecule has 2 rings (SSSR count). The Morgan fingerprint density at radius 1 is 1.28 bits per heavy atom. The van der Waals surface area contributed by atoms with Crippen molar-refractivity contribution in [3.05, 3.63) is 55.8 Å². The van der Waals surface area contributed by atoms with E-state index < -0.39 is 0 Å². The summed E-state index contributed by atoms with van der Waals surface area (Å²) in [5.41, 5.74) is 2.83. The van der Waals surface area contributed by atoms with Gasteiger partial charge in [-0.1, -0.05) is 12.1 Å². The van der Waals surface area contributed by atoms with Crippen LogP contribution < -0.4 is 5.32 Å². The van der Waals surface area contributed by atoms with Gasteiger partial charge >= 0.3 is 0 Å². The largest absolute Gasteiger partial charge is 0.374 e. The highest BCUT2D eigenvalue weighted by atomic mass is 32.1. The maximum Gasteiger partial charge on any atom is 0.292 e. The van der Waals surface area contributed by atoms with Crippen LogP contribution in [0, 0.1) is 24.0 Å². The lowest BCUT2D eigenvalue weighted by molar-refractivity contribution is -0.384. The molecule has 1 heterocycles. The fourth-order valence-electron chi connectivity index (χ4n) is 1.79. The molecule has 1 N–H and O–H groups in total. The maximum atomic E-state index is 11.0. The molecule has 0 radical (unpaired) electrons. The number of anilines is 1. The molecule has 1 aromatic heterocycles.